The normalized spacial score (nSPS) is 25.8. The third-order valence-corrected chi connectivity index (χ3v) is 5.13. The fourth-order valence-electron chi connectivity index (χ4n) is 1.89. The highest BCUT2D eigenvalue weighted by Gasteiger charge is 2.28. The number of piperidine rings is 1. The number of halogens is 2. The first-order valence-electron chi connectivity index (χ1n) is 5.26. The van der Waals surface area contributed by atoms with Gasteiger partial charge in [0.05, 0.1) is 8.66 Å². The van der Waals surface area contributed by atoms with E-state index < -0.39 is 0 Å². The summed E-state index contributed by atoms with van der Waals surface area (Å²) in [5.41, 5.74) is 0. The molecule has 1 fully saturated rings. The maximum Gasteiger partial charge on any atom is 0.263 e. The molecular weight excluding hydrogens is 310 g/mol. The summed E-state index contributed by atoms with van der Waals surface area (Å²) in [6, 6.07) is 3.78. The number of carbonyl (C=O) groups excluding carboxylic acids is 1. The standard InChI is InChI=1S/C11H13BrClNOS/c1-7-6-14(5-4-8(7)13)11(15)9-2-3-10(12)16-9/h2-3,7-8H,4-6H2,1H3. The van der Waals surface area contributed by atoms with Gasteiger partial charge >= 0.3 is 0 Å². The predicted molar refractivity (Wildman–Crippen MR) is 71.3 cm³/mol. The van der Waals surface area contributed by atoms with Crippen molar-refractivity contribution in [3.8, 4) is 0 Å². The topological polar surface area (TPSA) is 20.3 Å². The molecule has 1 aliphatic heterocycles. The van der Waals surface area contributed by atoms with Crippen molar-refractivity contribution in [3.05, 3.63) is 20.8 Å². The molecule has 2 atom stereocenters. The molecule has 0 aliphatic carbocycles. The molecule has 0 N–H and O–H groups in total. The fraction of sp³-hybridized carbons (Fsp3) is 0.545. The van der Waals surface area contributed by atoms with Gasteiger partial charge in [0.2, 0.25) is 0 Å². The van der Waals surface area contributed by atoms with Crippen LogP contribution in [0.15, 0.2) is 15.9 Å². The van der Waals surface area contributed by atoms with Gasteiger partial charge in [0.1, 0.15) is 0 Å². The number of nitrogens with zero attached hydrogens (tertiary/aromatic N) is 1. The first-order chi connectivity index (χ1) is 7.58. The Morgan fingerprint density at radius 3 is 2.94 bits per heavy atom. The lowest BCUT2D eigenvalue weighted by molar-refractivity contribution is 0.0692. The second kappa shape index (κ2) is 5.07. The van der Waals surface area contributed by atoms with E-state index >= 15 is 0 Å². The van der Waals surface area contributed by atoms with E-state index in [-0.39, 0.29) is 11.3 Å². The van der Waals surface area contributed by atoms with Crippen LogP contribution in [0.4, 0.5) is 0 Å². The van der Waals surface area contributed by atoms with Crippen molar-refractivity contribution in [2.75, 3.05) is 13.1 Å². The Bertz CT molecular complexity index is 395. The van der Waals surface area contributed by atoms with E-state index in [1.54, 1.807) is 0 Å². The van der Waals surface area contributed by atoms with Crippen molar-refractivity contribution in [3.63, 3.8) is 0 Å². The van der Waals surface area contributed by atoms with Crippen LogP contribution in [0, 0.1) is 5.92 Å². The molecule has 0 bridgehead atoms. The summed E-state index contributed by atoms with van der Waals surface area (Å²) in [4.78, 5) is 14.8. The molecule has 2 heterocycles. The van der Waals surface area contributed by atoms with Gasteiger partial charge < -0.3 is 4.90 Å². The predicted octanol–water partition coefficient (Wildman–Crippen LogP) is 3.60. The van der Waals surface area contributed by atoms with Crippen molar-refractivity contribution in [2.24, 2.45) is 5.92 Å². The highest BCUT2D eigenvalue weighted by atomic mass is 79.9. The Labute approximate surface area is 113 Å². The highest BCUT2D eigenvalue weighted by Crippen LogP contribution is 2.27. The summed E-state index contributed by atoms with van der Waals surface area (Å²) in [7, 11) is 0. The van der Waals surface area contributed by atoms with Gasteiger partial charge in [0.15, 0.2) is 0 Å². The Balaban J connectivity index is 2.06. The van der Waals surface area contributed by atoms with Crippen molar-refractivity contribution in [1.82, 2.24) is 4.90 Å². The molecule has 0 aromatic carbocycles. The van der Waals surface area contributed by atoms with E-state index in [9.17, 15) is 4.79 Å². The van der Waals surface area contributed by atoms with E-state index in [2.05, 4.69) is 22.9 Å². The smallest absolute Gasteiger partial charge is 0.263 e. The van der Waals surface area contributed by atoms with Gasteiger partial charge in [0, 0.05) is 18.5 Å². The molecule has 1 aromatic rings. The van der Waals surface area contributed by atoms with Gasteiger partial charge in [-0.2, -0.15) is 0 Å². The van der Waals surface area contributed by atoms with Gasteiger partial charge in [0.25, 0.3) is 5.91 Å². The molecule has 0 radical (unpaired) electrons. The molecule has 2 unspecified atom stereocenters. The van der Waals surface area contributed by atoms with Gasteiger partial charge in [-0.3, -0.25) is 4.79 Å². The van der Waals surface area contributed by atoms with E-state index in [4.69, 9.17) is 11.6 Å². The molecule has 0 saturated carbocycles. The number of alkyl halides is 1. The van der Waals surface area contributed by atoms with E-state index in [0.29, 0.717) is 5.92 Å². The minimum atomic E-state index is 0.131. The SMILES string of the molecule is CC1CN(C(=O)c2ccc(Br)s2)CCC1Cl. The molecule has 2 rings (SSSR count). The number of rotatable bonds is 1. The van der Waals surface area contributed by atoms with E-state index in [1.807, 2.05) is 17.0 Å². The minimum absolute atomic E-state index is 0.131. The summed E-state index contributed by atoms with van der Waals surface area (Å²) in [5.74, 6) is 0.508. The van der Waals surface area contributed by atoms with E-state index in [1.165, 1.54) is 11.3 Å². The molecule has 1 aromatic heterocycles. The Morgan fingerprint density at radius 1 is 1.62 bits per heavy atom. The fourth-order valence-corrected chi connectivity index (χ4v) is 3.42. The average Bonchev–Trinajstić information content (AvgIpc) is 2.68. The lowest BCUT2D eigenvalue weighted by Crippen LogP contribution is -2.43. The Hall–Kier alpha value is -0.0600. The van der Waals surface area contributed by atoms with Gasteiger partial charge in [-0.25, -0.2) is 0 Å². The van der Waals surface area contributed by atoms with Crippen LogP contribution < -0.4 is 0 Å². The first kappa shape index (κ1) is 12.4. The van der Waals surface area contributed by atoms with Crippen molar-refractivity contribution in [2.45, 2.75) is 18.7 Å². The second-order valence-electron chi connectivity index (χ2n) is 4.14. The van der Waals surface area contributed by atoms with Crippen LogP contribution in [0.5, 0.6) is 0 Å². The van der Waals surface area contributed by atoms with Gasteiger partial charge in [-0.05, 0) is 40.4 Å². The third kappa shape index (κ3) is 2.60. The zero-order chi connectivity index (χ0) is 11.7. The van der Waals surface area contributed by atoms with Crippen LogP contribution in [0.2, 0.25) is 0 Å². The Morgan fingerprint density at radius 2 is 2.38 bits per heavy atom. The Kier molecular flexibility index (Phi) is 3.93. The molecule has 5 heteroatoms. The van der Waals surface area contributed by atoms with Crippen LogP contribution in [0.1, 0.15) is 23.0 Å². The third-order valence-electron chi connectivity index (χ3n) is 2.87. The minimum Gasteiger partial charge on any atom is -0.338 e. The van der Waals surface area contributed by atoms with Crippen LogP contribution >= 0.6 is 38.9 Å². The number of hydrogen-bond donors (Lipinski definition) is 0. The van der Waals surface area contributed by atoms with Gasteiger partial charge in [-0.1, -0.05) is 6.92 Å². The quantitative estimate of drug-likeness (QED) is 0.723. The van der Waals surface area contributed by atoms with E-state index in [0.717, 1.165) is 28.2 Å². The maximum atomic E-state index is 12.1. The summed E-state index contributed by atoms with van der Waals surface area (Å²) in [5, 5.41) is 0.208. The lowest BCUT2D eigenvalue weighted by atomic mass is 9.99. The zero-order valence-corrected chi connectivity index (χ0v) is 12.1. The molecule has 2 nitrogen and oxygen atoms in total. The summed E-state index contributed by atoms with van der Waals surface area (Å²) in [6.45, 7) is 3.64. The summed E-state index contributed by atoms with van der Waals surface area (Å²) < 4.78 is 0.996. The molecule has 1 aliphatic rings. The van der Waals surface area contributed by atoms with Crippen LogP contribution in [-0.2, 0) is 0 Å². The van der Waals surface area contributed by atoms with Crippen molar-refractivity contribution < 1.29 is 4.79 Å². The second-order valence-corrected chi connectivity index (χ2v) is 7.16. The zero-order valence-electron chi connectivity index (χ0n) is 8.95. The lowest BCUT2D eigenvalue weighted by Gasteiger charge is -2.33. The number of hydrogen-bond acceptors (Lipinski definition) is 2. The van der Waals surface area contributed by atoms with Crippen LogP contribution in [0.25, 0.3) is 0 Å². The van der Waals surface area contributed by atoms with Crippen LogP contribution in [0.3, 0.4) is 0 Å². The van der Waals surface area contributed by atoms with Crippen molar-refractivity contribution in [1.29, 1.82) is 0 Å². The van der Waals surface area contributed by atoms with Crippen molar-refractivity contribution >= 4 is 44.8 Å². The largest absolute Gasteiger partial charge is 0.338 e. The van der Waals surface area contributed by atoms with Crippen LogP contribution in [-0.4, -0.2) is 29.3 Å². The monoisotopic (exact) mass is 321 g/mol. The molecular formula is C11H13BrClNOS. The molecule has 16 heavy (non-hydrogen) atoms. The molecule has 0 spiro atoms. The summed E-state index contributed by atoms with van der Waals surface area (Å²) in [6.07, 6.45) is 0.890. The number of thiophene rings is 1. The maximum absolute atomic E-state index is 12.1. The summed E-state index contributed by atoms with van der Waals surface area (Å²) >= 11 is 11.0. The number of carbonyl (C=O) groups is 1. The number of likely N-dealkylation sites (tertiary alicyclic amines) is 1. The highest BCUT2D eigenvalue weighted by molar-refractivity contribution is 9.11. The first-order valence-corrected chi connectivity index (χ1v) is 7.31. The molecule has 88 valence electrons. The van der Waals surface area contributed by atoms with Gasteiger partial charge in [-0.15, -0.1) is 22.9 Å². The molecule has 1 saturated heterocycles. The molecule has 1 amide bonds. The number of amides is 1. The average molecular weight is 323 g/mol.